The standard InChI is InChI=1S/C16H16N2O5S/c17-16(19)9-11-1-3-12(4-2-11)18-24(20,21)13-5-6-14-15(10-13)23-8-7-22-14/h1-6,10,18H,7-9H2,(H2,17,19). The zero-order chi connectivity index (χ0) is 17.2. The summed E-state index contributed by atoms with van der Waals surface area (Å²) in [7, 11) is -3.76. The normalized spacial score (nSPS) is 13.3. The summed E-state index contributed by atoms with van der Waals surface area (Å²) in [6.45, 7) is 0.820. The van der Waals surface area contributed by atoms with Gasteiger partial charge in [-0.15, -0.1) is 0 Å². The van der Waals surface area contributed by atoms with E-state index in [1.165, 1.54) is 12.1 Å². The molecule has 8 heteroatoms. The molecule has 0 bridgehead atoms. The largest absolute Gasteiger partial charge is 0.486 e. The smallest absolute Gasteiger partial charge is 0.262 e. The molecule has 0 radical (unpaired) electrons. The lowest BCUT2D eigenvalue weighted by Crippen LogP contribution is -2.17. The molecule has 2 aromatic rings. The first-order chi connectivity index (χ1) is 11.4. The summed E-state index contributed by atoms with van der Waals surface area (Å²) in [5.41, 5.74) is 6.22. The number of hydrogen-bond acceptors (Lipinski definition) is 5. The second kappa shape index (κ2) is 6.40. The van der Waals surface area contributed by atoms with Crippen LogP contribution < -0.4 is 19.9 Å². The van der Waals surface area contributed by atoms with E-state index in [-0.39, 0.29) is 11.3 Å². The van der Waals surface area contributed by atoms with Gasteiger partial charge in [-0.1, -0.05) is 12.1 Å². The molecule has 0 saturated heterocycles. The maximum Gasteiger partial charge on any atom is 0.262 e. The van der Waals surface area contributed by atoms with Gasteiger partial charge < -0.3 is 15.2 Å². The molecule has 126 valence electrons. The zero-order valence-electron chi connectivity index (χ0n) is 12.7. The molecular formula is C16H16N2O5S. The van der Waals surface area contributed by atoms with Crippen molar-refractivity contribution in [2.45, 2.75) is 11.3 Å². The lowest BCUT2D eigenvalue weighted by molar-refractivity contribution is -0.117. The number of carbonyl (C=O) groups is 1. The Morgan fingerprint density at radius 3 is 2.38 bits per heavy atom. The SMILES string of the molecule is NC(=O)Cc1ccc(NS(=O)(=O)c2ccc3c(c2)OCCO3)cc1. The van der Waals surface area contributed by atoms with Gasteiger partial charge in [0.15, 0.2) is 11.5 Å². The molecule has 3 N–H and O–H groups in total. The summed E-state index contributed by atoms with van der Waals surface area (Å²) in [4.78, 5) is 11.0. The number of sulfonamides is 1. The number of hydrogen-bond donors (Lipinski definition) is 2. The van der Waals surface area contributed by atoms with Crippen molar-refractivity contribution in [2.75, 3.05) is 17.9 Å². The van der Waals surface area contributed by atoms with Crippen molar-refractivity contribution in [3.05, 3.63) is 48.0 Å². The molecular weight excluding hydrogens is 332 g/mol. The van der Waals surface area contributed by atoms with E-state index < -0.39 is 15.9 Å². The van der Waals surface area contributed by atoms with Gasteiger partial charge in [0, 0.05) is 11.8 Å². The summed E-state index contributed by atoms with van der Waals surface area (Å²) in [5.74, 6) is 0.483. The number of amides is 1. The van der Waals surface area contributed by atoms with Crippen molar-refractivity contribution in [3.63, 3.8) is 0 Å². The first-order valence-electron chi connectivity index (χ1n) is 7.24. The minimum Gasteiger partial charge on any atom is -0.486 e. The monoisotopic (exact) mass is 348 g/mol. The summed E-state index contributed by atoms with van der Waals surface area (Å²) >= 11 is 0. The van der Waals surface area contributed by atoms with Crippen LogP contribution in [-0.4, -0.2) is 27.5 Å². The number of fused-ring (bicyclic) bond motifs is 1. The number of nitrogens with one attached hydrogen (secondary N) is 1. The zero-order valence-corrected chi connectivity index (χ0v) is 13.5. The Bertz CT molecular complexity index is 863. The molecule has 0 aliphatic carbocycles. The number of carbonyl (C=O) groups excluding carboxylic acids is 1. The number of primary amides is 1. The van der Waals surface area contributed by atoms with Gasteiger partial charge in [-0.3, -0.25) is 9.52 Å². The summed E-state index contributed by atoms with van der Waals surface area (Å²) in [5, 5.41) is 0. The van der Waals surface area contributed by atoms with E-state index in [9.17, 15) is 13.2 Å². The molecule has 1 aliphatic heterocycles. The van der Waals surface area contributed by atoms with E-state index >= 15 is 0 Å². The third-order valence-corrected chi connectivity index (χ3v) is 4.79. The summed E-state index contributed by atoms with van der Waals surface area (Å²) in [6.07, 6.45) is 0.106. The van der Waals surface area contributed by atoms with Crippen LogP contribution >= 0.6 is 0 Å². The summed E-state index contributed by atoms with van der Waals surface area (Å²) < 4.78 is 38.2. The van der Waals surface area contributed by atoms with E-state index in [4.69, 9.17) is 15.2 Å². The molecule has 7 nitrogen and oxygen atoms in total. The Kier molecular flexibility index (Phi) is 4.30. The lowest BCUT2D eigenvalue weighted by Gasteiger charge is -2.19. The highest BCUT2D eigenvalue weighted by Crippen LogP contribution is 2.32. The van der Waals surface area contributed by atoms with Crippen molar-refractivity contribution < 1.29 is 22.7 Å². The van der Waals surface area contributed by atoms with E-state index in [0.29, 0.717) is 36.0 Å². The molecule has 2 aromatic carbocycles. The highest BCUT2D eigenvalue weighted by Gasteiger charge is 2.19. The maximum atomic E-state index is 12.5. The van der Waals surface area contributed by atoms with Crippen LogP contribution in [0.5, 0.6) is 11.5 Å². The van der Waals surface area contributed by atoms with Crippen LogP contribution in [0.25, 0.3) is 0 Å². The van der Waals surface area contributed by atoms with E-state index in [2.05, 4.69) is 4.72 Å². The Labute approximate surface area is 139 Å². The van der Waals surface area contributed by atoms with Crippen molar-refractivity contribution in [3.8, 4) is 11.5 Å². The molecule has 0 aromatic heterocycles. The lowest BCUT2D eigenvalue weighted by atomic mass is 10.1. The molecule has 24 heavy (non-hydrogen) atoms. The number of benzene rings is 2. The second-order valence-corrected chi connectivity index (χ2v) is 6.93. The van der Waals surface area contributed by atoms with E-state index in [0.717, 1.165) is 0 Å². The van der Waals surface area contributed by atoms with Crippen molar-refractivity contribution in [1.29, 1.82) is 0 Å². The quantitative estimate of drug-likeness (QED) is 0.846. The minimum atomic E-state index is -3.76. The van der Waals surface area contributed by atoms with Gasteiger partial charge in [0.25, 0.3) is 10.0 Å². The van der Waals surface area contributed by atoms with Crippen LogP contribution in [0, 0.1) is 0 Å². The van der Waals surface area contributed by atoms with Gasteiger partial charge >= 0.3 is 0 Å². The average Bonchev–Trinajstić information content (AvgIpc) is 2.55. The first kappa shape index (κ1) is 16.1. The fraction of sp³-hybridized carbons (Fsp3) is 0.188. The van der Waals surface area contributed by atoms with Crippen molar-refractivity contribution in [1.82, 2.24) is 0 Å². The molecule has 0 fully saturated rings. The molecule has 0 unspecified atom stereocenters. The van der Waals surface area contributed by atoms with Gasteiger partial charge in [-0.2, -0.15) is 0 Å². The van der Waals surface area contributed by atoms with Crippen LogP contribution in [0.4, 0.5) is 5.69 Å². The fourth-order valence-corrected chi connectivity index (χ4v) is 3.37. The highest BCUT2D eigenvalue weighted by molar-refractivity contribution is 7.92. The first-order valence-corrected chi connectivity index (χ1v) is 8.72. The van der Waals surface area contributed by atoms with Gasteiger partial charge in [-0.25, -0.2) is 8.42 Å². The van der Waals surface area contributed by atoms with E-state index in [1.54, 1.807) is 30.3 Å². The predicted molar refractivity (Wildman–Crippen MR) is 87.6 cm³/mol. The molecule has 3 rings (SSSR count). The van der Waals surface area contributed by atoms with Gasteiger partial charge in [0.2, 0.25) is 5.91 Å². The topological polar surface area (TPSA) is 108 Å². The van der Waals surface area contributed by atoms with Crippen LogP contribution in [0.1, 0.15) is 5.56 Å². The molecule has 0 spiro atoms. The Morgan fingerprint density at radius 1 is 1.04 bits per heavy atom. The van der Waals surface area contributed by atoms with Gasteiger partial charge in [0.05, 0.1) is 11.3 Å². The van der Waals surface area contributed by atoms with Gasteiger partial charge in [0.1, 0.15) is 13.2 Å². The summed E-state index contributed by atoms with van der Waals surface area (Å²) in [6, 6.07) is 10.9. The minimum absolute atomic E-state index is 0.0768. The second-order valence-electron chi connectivity index (χ2n) is 5.25. The van der Waals surface area contributed by atoms with Crippen LogP contribution in [0.2, 0.25) is 0 Å². The highest BCUT2D eigenvalue weighted by atomic mass is 32.2. The molecule has 1 heterocycles. The third-order valence-electron chi connectivity index (χ3n) is 3.41. The molecule has 0 atom stereocenters. The molecule has 1 aliphatic rings. The van der Waals surface area contributed by atoms with Crippen LogP contribution in [0.3, 0.4) is 0 Å². The Morgan fingerprint density at radius 2 is 1.71 bits per heavy atom. The maximum absolute atomic E-state index is 12.5. The average molecular weight is 348 g/mol. The number of rotatable bonds is 5. The molecule has 0 saturated carbocycles. The van der Waals surface area contributed by atoms with Crippen LogP contribution in [-0.2, 0) is 21.2 Å². The number of nitrogens with two attached hydrogens (primary N) is 1. The Hall–Kier alpha value is -2.74. The molecule has 1 amide bonds. The van der Waals surface area contributed by atoms with E-state index in [1.807, 2.05) is 0 Å². The van der Waals surface area contributed by atoms with Crippen LogP contribution in [0.15, 0.2) is 47.4 Å². The number of ether oxygens (including phenoxy) is 2. The van der Waals surface area contributed by atoms with Crippen molar-refractivity contribution in [2.24, 2.45) is 5.73 Å². The third kappa shape index (κ3) is 3.60. The van der Waals surface area contributed by atoms with Crippen molar-refractivity contribution >= 4 is 21.6 Å². The Balaban J connectivity index is 1.79. The number of anilines is 1. The van der Waals surface area contributed by atoms with Gasteiger partial charge in [-0.05, 0) is 29.8 Å². The predicted octanol–water partition coefficient (Wildman–Crippen LogP) is 1.29. The fourth-order valence-electron chi connectivity index (χ4n) is 2.30.